The Hall–Kier alpha value is -1.18. The molecule has 0 bridgehead atoms. The Balaban J connectivity index is 2.33. The molecule has 1 aromatic rings. The molecule has 68 valence electrons. The van der Waals surface area contributed by atoms with Crippen molar-refractivity contribution in [2.24, 2.45) is 5.92 Å². The lowest BCUT2D eigenvalue weighted by molar-refractivity contribution is 0.0962. The Labute approximate surface area is 78.0 Å². The molecule has 0 spiro atoms. The zero-order valence-corrected chi connectivity index (χ0v) is 8.00. The van der Waals surface area contributed by atoms with Crippen molar-refractivity contribution in [3.05, 3.63) is 29.1 Å². The van der Waals surface area contributed by atoms with E-state index in [4.69, 9.17) is 0 Å². The van der Waals surface area contributed by atoms with Crippen LogP contribution in [0.3, 0.4) is 0 Å². The van der Waals surface area contributed by atoms with Gasteiger partial charge >= 0.3 is 0 Å². The van der Waals surface area contributed by atoms with Crippen molar-refractivity contribution in [3.8, 4) is 0 Å². The van der Waals surface area contributed by atoms with Crippen LogP contribution in [0.15, 0.2) is 12.3 Å². The van der Waals surface area contributed by atoms with Gasteiger partial charge < -0.3 is 0 Å². The Kier molecular flexibility index (Phi) is 1.91. The predicted octanol–water partition coefficient (Wildman–Crippen LogP) is 2.29. The third-order valence-electron chi connectivity index (χ3n) is 2.40. The molecule has 2 heteroatoms. The molecular formula is C11H13NO. The first-order chi connectivity index (χ1) is 6.18. The summed E-state index contributed by atoms with van der Waals surface area (Å²) in [5, 5.41) is 0. The quantitative estimate of drug-likeness (QED) is 0.645. The molecule has 2 nitrogen and oxygen atoms in total. The van der Waals surface area contributed by atoms with Crippen molar-refractivity contribution in [2.75, 3.05) is 0 Å². The third-order valence-corrected chi connectivity index (χ3v) is 2.40. The van der Waals surface area contributed by atoms with E-state index in [0.717, 1.165) is 24.0 Å². The molecule has 1 fully saturated rings. The Morgan fingerprint density at radius 2 is 2.15 bits per heavy atom. The molecule has 0 amide bonds. The molecule has 1 heterocycles. The second-order valence-corrected chi connectivity index (χ2v) is 3.82. The molecule has 0 aromatic carbocycles. The molecule has 0 atom stereocenters. The average Bonchev–Trinajstić information content (AvgIpc) is 2.85. The number of pyridine rings is 1. The van der Waals surface area contributed by atoms with Gasteiger partial charge in [0.15, 0.2) is 5.78 Å². The van der Waals surface area contributed by atoms with E-state index in [-0.39, 0.29) is 11.7 Å². The molecule has 1 saturated carbocycles. The molecule has 2 rings (SSSR count). The van der Waals surface area contributed by atoms with Crippen molar-refractivity contribution >= 4 is 5.78 Å². The van der Waals surface area contributed by atoms with E-state index in [0.29, 0.717) is 5.69 Å². The summed E-state index contributed by atoms with van der Waals surface area (Å²) in [6.07, 6.45) is 3.87. The van der Waals surface area contributed by atoms with Crippen molar-refractivity contribution in [2.45, 2.75) is 26.7 Å². The minimum atomic E-state index is 0.234. The first-order valence-corrected chi connectivity index (χ1v) is 4.66. The lowest BCUT2D eigenvalue weighted by Crippen LogP contribution is -2.06. The van der Waals surface area contributed by atoms with Crippen LogP contribution in [-0.4, -0.2) is 10.8 Å². The number of aromatic nitrogens is 1. The lowest BCUT2D eigenvalue weighted by Gasteiger charge is -2.02. The smallest absolute Gasteiger partial charge is 0.184 e. The number of hydrogen-bond acceptors (Lipinski definition) is 2. The maximum atomic E-state index is 11.7. The second kappa shape index (κ2) is 2.95. The van der Waals surface area contributed by atoms with Crippen LogP contribution < -0.4 is 0 Å². The van der Waals surface area contributed by atoms with Crippen LogP contribution in [0, 0.1) is 19.8 Å². The summed E-state index contributed by atoms with van der Waals surface area (Å²) >= 11 is 0. The van der Waals surface area contributed by atoms with Crippen LogP contribution in [0.25, 0.3) is 0 Å². The number of Topliss-reactive ketones (excluding diaryl/α,β-unsaturated/α-hetero) is 1. The molecule has 0 unspecified atom stereocenters. The van der Waals surface area contributed by atoms with E-state index >= 15 is 0 Å². The van der Waals surface area contributed by atoms with Crippen LogP contribution in [0.2, 0.25) is 0 Å². The minimum absolute atomic E-state index is 0.234. The van der Waals surface area contributed by atoms with Crippen LogP contribution in [-0.2, 0) is 0 Å². The number of aryl methyl sites for hydroxylation is 2. The average molecular weight is 175 g/mol. The van der Waals surface area contributed by atoms with Gasteiger partial charge in [-0.2, -0.15) is 0 Å². The summed E-state index contributed by atoms with van der Waals surface area (Å²) in [7, 11) is 0. The molecule has 1 aliphatic carbocycles. The van der Waals surface area contributed by atoms with Crippen LogP contribution in [0.1, 0.15) is 34.5 Å². The summed E-state index contributed by atoms with van der Waals surface area (Å²) in [6, 6.07) is 2.02. The van der Waals surface area contributed by atoms with Gasteiger partial charge in [0.2, 0.25) is 0 Å². The van der Waals surface area contributed by atoms with Crippen molar-refractivity contribution in [3.63, 3.8) is 0 Å². The highest BCUT2D eigenvalue weighted by molar-refractivity contribution is 5.98. The van der Waals surface area contributed by atoms with Gasteiger partial charge in [-0.3, -0.25) is 9.78 Å². The highest BCUT2D eigenvalue weighted by Gasteiger charge is 2.31. The van der Waals surface area contributed by atoms with E-state index in [9.17, 15) is 4.79 Å². The monoisotopic (exact) mass is 175 g/mol. The van der Waals surface area contributed by atoms with Crippen molar-refractivity contribution in [1.29, 1.82) is 0 Å². The first-order valence-electron chi connectivity index (χ1n) is 4.66. The molecule has 0 radical (unpaired) electrons. The van der Waals surface area contributed by atoms with Gasteiger partial charge in [0, 0.05) is 12.1 Å². The van der Waals surface area contributed by atoms with Gasteiger partial charge in [0.1, 0.15) is 5.69 Å². The topological polar surface area (TPSA) is 30.0 Å². The fourth-order valence-electron chi connectivity index (χ4n) is 1.51. The SMILES string of the molecule is Cc1cnc(C(=O)C2CC2)c(C)c1. The number of rotatable bonds is 2. The maximum absolute atomic E-state index is 11.7. The van der Waals surface area contributed by atoms with Crippen molar-refractivity contribution < 1.29 is 4.79 Å². The molecular weight excluding hydrogens is 162 g/mol. The standard InChI is InChI=1S/C11H13NO/c1-7-5-8(2)10(12-6-7)11(13)9-3-4-9/h5-6,9H,3-4H2,1-2H3. The van der Waals surface area contributed by atoms with Gasteiger partial charge in [0.05, 0.1) is 0 Å². The number of carbonyl (C=O) groups is 1. The molecule has 1 aliphatic rings. The first kappa shape index (κ1) is 8.42. The fraction of sp³-hybridized carbons (Fsp3) is 0.455. The lowest BCUT2D eigenvalue weighted by atomic mass is 10.1. The second-order valence-electron chi connectivity index (χ2n) is 3.82. The molecule has 13 heavy (non-hydrogen) atoms. The predicted molar refractivity (Wildman–Crippen MR) is 50.8 cm³/mol. The summed E-state index contributed by atoms with van der Waals surface area (Å²) < 4.78 is 0. The molecule has 1 aromatic heterocycles. The third kappa shape index (κ3) is 1.62. The molecule has 0 aliphatic heterocycles. The van der Waals surface area contributed by atoms with Gasteiger partial charge in [-0.25, -0.2) is 0 Å². The van der Waals surface area contributed by atoms with Crippen LogP contribution >= 0.6 is 0 Å². The van der Waals surface area contributed by atoms with E-state index in [2.05, 4.69) is 4.98 Å². The highest BCUT2D eigenvalue weighted by atomic mass is 16.1. The largest absolute Gasteiger partial charge is 0.292 e. The van der Waals surface area contributed by atoms with Gasteiger partial charge in [-0.15, -0.1) is 0 Å². The van der Waals surface area contributed by atoms with Gasteiger partial charge in [-0.05, 0) is 37.8 Å². The summed E-state index contributed by atoms with van der Waals surface area (Å²) in [5.41, 5.74) is 2.80. The Morgan fingerprint density at radius 1 is 1.46 bits per heavy atom. The van der Waals surface area contributed by atoms with Gasteiger partial charge in [0.25, 0.3) is 0 Å². The molecule has 0 N–H and O–H groups in total. The Bertz CT molecular complexity index is 353. The summed E-state index contributed by atoms with van der Waals surface area (Å²) in [6.45, 7) is 3.95. The van der Waals surface area contributed by atoms with Crippen LogP contribution in [0.5, 0.6) is 0 Å². The zero-order valence-electron chi connectivity index (χ0n) is 8.00. The Morgan fingerprint density at radius 3 is 2.69 bits per heavy atom. The summed E-state index contributed by atoms with van der Waals surface area (Å²) in [5.74, 6) is 0.506. The van der Waals surface area contributed by atoms with E-state index < -0.39 is 0 Å². The number of hydrogen-bond donors (Lipinski definition) is 0. The number of nitrogens with zero attached hydrogens (tertiary/aromatic N) is 1. The minimum Gasteiger partial charge on any atom is -0.292 e. The zero-order chi connectivity index (χ0) is 9.42. The van der Waals surface area contributed by atoms with Gasteiger partial charge in [-0.1, -0.05) is 6.07 Å². The van der Waals surface area contributed by atoms with E-state index in [1.165, 1.54) is 0 Å². The fourth-order valence-corrected chi connectivity index (χ4v) is 1.51. The van der Waals surface area contributed by atoms with Crippen molar-refractivity contribution in [1.82, 2.24) is 4.98 Å². The molecule has 0 saturated heterocycles. The number of carbonyl (C=O) groups excluding carboxylic acids is 1. The normalized spacial score (nSPS) is 15.8. The highest BCUT2D eigenvalue weighted by Crippen LogP contribution is 2.32. The maximum Gasteiger partial charge on any atom is 0.184 e. The van der Waals surface area contributed by atoms with E-state index in [1.807, 2.05) is 19.9 Å². The summed E-state index contributed by atoms with van der Waals surface area (Å²) in [4.78, 5) is 15.9. The van der Waals surface area contributed by atoms with Crippen LogP contribution in [0.4, 0.5) is 0 Å². The number of ketones is 1. The van der Waals surface area contributed by atoms with E-state index in [1.54, 1.807) is 6.20 Å².